The number of hydrogen-bond acceptors (Lipinski definition) is 3. The molecule has 1 aromatic carbocycles. The van der Waals surface area contributed by atoms with Gasteiger partial charge in [-0.1, -0.05) is 24.3 Å². The highest BCUT2D eigenvalue weighted by Crippen LogP contribution is 2.18. The van der Waals surface area contributed by atoms with Gasteiger partial charge in [0.1, 0.15) is 0 Å². The van der Waals surface area contributed by atoms with Crippen molar-refractivity contribution in [2.45, 2.75) is 33.9 Å². The highest BCUT2D eigenvalue weighted by Gasteiger charge is 2.12. The molecule has 2 heterocycles. The number of nitrogens with one attached hydrogen (secondary N) is 2. The van der Waals surface area contributed by atoms with Crippen LogP contribution in [-0.2, 0) is 13.1 Å². The lowest BCUT2D eigenvalue weighted by atomic mass is 10.2. The lowest BCUT2D eigenvalue weighted by molar-refractivity contribution is 0.819. The number of rotatable bonds is 6. The SMILES string of the molecule is CCNC(=NCc1c(C)nn(-c2ccccc2)c1C)NCc1cccs1. The highest BCUT2D eigenvalue weighted by atomic mass is 32.1. The molecule has 5 nitrogen and oxygen atoms in total. The summed E-state index contributed by atoms with van der Waals surface area (Å²) < 4.78 is 1.99. The average molecular weight is 368 g/mol. The number of hydrogen-bond donors (Lipinski definition) is 2. The van der Waals surface area contributed by atoms with Gasteiger partial charge < -0.3 is 10.6 Å². The Bertz CT molecular complexity index is 850. The van der Waals surface area contributed by atoms with E-state index in [4.69, 9.17) is 10.1 Å². The first-order valence-corrected chi connectivity index (χ1v) is 9.72. The van der Waals surface area contributed by atoms with Crippen molar-refractivity contribution in [3.63, 3.8) is 0 Å². The number of aryl methyl sites for hydroxylation is 1. The lowest BCUT2D eigenvalue weighted by Crippen LogP contribution is -2.36. The maximum absolute atomic E-state index is 4.76. The molecule has 26 heavy (non-hydrogen) atoms. The fraction of sp³-hybridized carbons (Fsp3) is 0.300. The van der Waals surface area contributed by atoms with Crippen LogP contribution in [0.4, 0.5) is 0 Å². The Labute approximate surface area is 158 Å². The van der Waals surface area contributed by atoms with Crippen LogP contribution >= 0.6 is 11.3 Å². The molecule has 0 radical (unpaired) electrons. The van der Waals surface area contributed by atoms with Gasteiger partial charge in [0.2, 0.25) is 0 Å². The van der Waals surface area contributed by atoms with Gasteiger partial charge in [-0.3, -0.25) is 0 Å². The molecule has 0 aliphatic rings. The van der Waals surface area contributed by atoms with Crippen LogP contribution in [-0.4, -0.2) is 22.3 Å². The fourth-order valence-electron chi connectivity index (χ4n) is 2.81. The second kappa shape index (κ2) is 8.67. The van der Waals surface area contributed by atoms with Gasteiger partial charge in [-0.15, -0.1) is 11.3 Å². The topological polar surface area (TPSA) is 54.2 Å². The van der Waals surface area contributed by atoms with E-state index in [0.717, 1.165) is 36.1 Å². The van der Waals surface area contributed by atoms with Gasteiger partial charge in [0.15, 0.2) is 5.96 Å². The van der Waals surface area contributed by atoms with Crippen LogP contribution < -0.4 is 10.6 Å². The number of aliphatic imine (C=N–C) groups is 1. The Morgan fingerprint density at radius 2 is 1.92 bits per heavy atom. The van der Waals surface area contributed by atoms with E-state index in [-0.39, 0.29) is 0 Å². The normalized spacial score (nSPS) is 11.6. The molecule has 3 rings (SSSR count). The number of benzene rings is 1. The summed E-state index contributed by atoms with van der Waals surface area (Å²) in [4.78, 5) is 6.05. The van der Waals surface area contributed by atoms with E-state index in [1.165, 1.54) is 10.4 Å². The Hall–Kier alpha value is -2.60. The van der Waals surface area contributed by atoms with Crippen LogP contribution in [0.25, 0.3) is 5.69 Å². The molecule has 0 aliphatic heterocycles. The van der Waals surface area contributed by atoms with Crippen molar-refractivity contribution in [1.29, 1.82) is 0 Å². The Morgan fingerprint density at radius 1 is 1.12 bits per heavy atom. The first kappa shape index (κ1) is 18.2. The molecular weight excluding hydrogens is 342 g/mol. The standard InChI is InChI=1S/C20H25N5S/c1-4-21-20(22-13-18-11-8-12-26-18)23-14-19-15(2)24-25(16(19)3)17-9-6-5-7-10-17/h5-12H,4,13-14H2,1-3H3,(H2,21,22,23). The van der Waals surface area contributed by atoms with Crippen LogP contribution in [0.15, 0.2) is 52.8 Å². The fourth-order valence-corrected chi connectivity index (χ4v) is 3.45. The van der Waals surface area contributed by atoms with Crippen LogP contribution in [0.5, 0.6) is 0 Å². The quantitative estimate of drug-likeness (QED) is 0.515. The summed E-state index contributed by atoms with van der Waals surface area (Å²) in [6, 6.07) is 14.4. The van der Waals surface area contributed by atoms with Gasteiger partial charge in [0.05, 0.1) is 24.5 Å². The van der Waals surface area contributed by atoms with Crippen LogP contribution in [0, 0.1) is 13.8 Å². The zero-order chi connectivity index (χ0) is 18.4. The molecular formula is C20H25N5S. The predicted octanol–water partition coefficient (Wildman–Crippen LogP) is 3.81. The van der Waals surface area contributed by atoms with Crippen molar-refractivity contribution < 1.29 is 0 Å². The summed E-state index contributed by atoms with van der Waals surface area (Å²) >= 11 is 1.74. The maximum atomic E-state index is 4.76. The monoisotopic (exact) mass is 367 g/mol. The van der Waals surface area contributed by atoms with Crippen LogP contribution in [0.2, 0.25) is 0 Å². The molecule has 0 fully saturated rings. The molecule has 0 saturated carbocycles. The molecule has 0 aliphatic carbocycles. The minimum absolute atomic E-state index is 0.601. The number of nitrogens with zero attached hydrogens (tertiary/aromatic N) is 3. The van der Waals surface area contributed by atoms with Crippen LogP contribution in [0.3, 0.4) is 0 Å². The van der Waals surface area contributed by atoms with E-state index >= 15 is 0 Å². The summed E-state index contributed by atoms with van der Waals surface area (Å²) in [6.45, 7) is 8.44. The third kappa shape index (κ3) is 4.32. The second-order valence-electron chi connectivity index (χ2n) is 6.02. The molecule has 0 saturated heterocycles. The Balaban J connectivity index is 1.75. The molecule has 0 spiro atoms. The van der Waals surface area contributed by atoms with E-state index < -0.39 is 0 Å². The number of thiophene rings is 1. The summed E-state index contributed by atoms with van der Waals surface area (Å²) in [5, 5.41) is 13.5. The number of para-hydroxylation sites is 1. The van der Waals surface area contributed by atoms with E-state index in [0.29, 0.717) is 6.54 Å². The largest absolute Gasteiger partial charge is 0.357 e. The predicted molar refractivity (Wildman–Crippen MR) is 109 cm³/mol. The van der Waals surface area contributed by atoms with Crippen molar-refractivity contribution in [3.05, 3.63) is 69.7 Å². The third-order valence-electron chi connectivity index (χ3n) is 4.19. The second-order valence-corrected chi connectivity index (χ2v) is 7.06. The third-order valence-corrected chi connectivity index (χ3v) is 5.07. The van der Waals surface area contributed by atoms with Crippen molar-refractivity contribution in [1.82, 2.24) is 20.4 Å². The molecule has 0 atom stereocenters. The van der Waals surface area contributed by atoms with E-state index in [2.05, 4.69) is 54.1 Å². The van der Waals surface area contributed by atoms with Gasteiger partial charge >= 0.3 is 0 Å². The molecule has 3 aromatic rings. The highest BCUT2D eigenvalue weighted by molar-refractivity contribution is 7.09. The number of guanidine groups is 1. The minimum atomic E-state index is 0.601. The molecule has 136 valence electrons. The molecule has 2 N–H and O–H groups in total. The Kier molecular flexibility index (Phi) is 6.07. The van der Waals surface area contributed by atoms with Crippen molar-refractivity contribution in [3.8, 4) is 5.69 Å². The van der Waals surface area contributed by atoms with Crippen molar-refractivity contribution in [2.75, 3.05) is 6.54 Å². The first-order chi connectivity index (χ1) is 12.7. The smallest absolute Gasteiger partial charge is 0.191 e. The summed E-state index contributed by atoms with van der Waals surface area (Å²) in [5.74, 6) is 0.826. The summed E-state index contributed by atoms with van der Waals surface area (Å²) in [7, 11) is 0. The molecule has 0 unspecified atom stereocenters. The van der Waals surface area contributed by atoms with E-state index in [1.807, 2.05) is 29.8 Å². The van der Waals surface area contributed by atoms with E-state index in [1.54, 1.807) is 11.3 Å². The number of aromatic nitrogens is 2. The minimum Gasteiger partial charge on any atom is -0.357 e. The molecule has 2 aromatic heterocycles. The van der Waals surface area contributed by atoms with E-state index in [9.17, 15) is 0 Å². The van der Waals surface area contributed by atoms with Crippen molar-refractivity contribution >= 4 is 17.3 Å². The van der Waals surface area contributed by atoms with Crippen LogP contribution in [0.1, 0.15) is 28.8 Å². The maximum Gasteiger partial charge on any atom is 0.191 e. The zero-order valence-electron chi connectivity index (χ0n) is 15.5. The molecule has 6 heteroatoms. The average Bonchev–Trinajstić information content (AvgIpc) is 3.27. The summed E-state index contributed by atoms with van der Waals surface area (Å²) in [6.07, 6.45) is 0. The van der Waals surface area contributed by atoms with Gasteiger partial charge in [0, 0.05) is 22.7 Å². The first-order valence-electron chi connectivity index (χ1n) is 8.84. The van der Waals surface area contributed by atoms with Gasteiger partial charge in [0.25, 0.3) is 0 Å². The van der Waals surface area contributed by atoms with Gasteiger partial charge in [-0.2, -0.15) is 5.10 Å². The summed E-state index contributed by atoms with van der Waals surface area (Å²) in [5.41, 5.74) is 4.39. The Morgan fingerprint density at radius 3 is 2.62 bits per heavy atom. The van der Waals surface area contributed by atoms with Gasteiger partial charge in [-0.25, -0.2) is 9.67 Å². The lowest BCUT2D eigenvalue weighted by Gasteiger charge is -2.10. The van der Waals surface area contributed by atoms with Gasteiger partial charge in [-0.05, 0) is 44.4 Å². The van der Waals surface area contributed by atoms with Crippen molar-refractivity contribution in [2.24, 2.45) is 4.99 Å². The molecule has 0 bridgehead atoms. The zero-order valence-corrected chi connectivity index (χ0v) is 16.3. The molecule has 0 amide bonds.